The number of hydrogen-bond acceptors (Lipinski definition) is 5. The highest BCUT2D eigenvalue weighted by Crippen LogP contribution is 2.20. The van der Waals surface area contributed by atoms with Crippen LogP contribution in [0.1, 0.15) is 31.7 Å². The third kappa shape index (κ3) is 7.83. The second kappa shape index (κ2) is 12.2. The number of esters is 1. The van der Waals surface area contributed by atoms with Crippen LogP contribution < -0.4 is 0 Å². The molecule has 0 radical (unpaired) electrons. The van der Waals surface area contributed by atoms with Gasteiger partial charge in [0.25, 0.3) is 0 Å². The predicted molar refractivity (Wildman–Crippen MR) is 113 cm³/mol. The molecular weight excluding hydrogens is 388 g/mol. The third-order valence-electron chi connectivity index (χ3n) is 4.27. The van der Waals surface area contributed by atoms with Gasteiger partial charge in [-0.1, -0.05) is 60.7 Å². The van der Waals surface area contributed by atoms with Crippen LogP contribution in [-0.4, -0.2) is 32.9 Å². The molecule has 0 saturated heterocycles. The first-order valence-corrected chi connectivity index (χ1v) is 11.3. The molecule has 0 aliphatic heterocycles. The summed E-state index contributed by atoms with van der Waals surface area (Å²) in [5, 5.41) is -0.950. The van der Waals surface area contributed by atoms with Crippen LogP contribution in [0.5, 0.6) is 0 Å². The van der Waals surface area contributed by atoms with Gasteiger partial charge < -0.3 is 9.47 Å². The lowest BCUT2D eigenvalue weighted by Crippen LogP contribution is -2.24. The normalized spacial score (nSPS) is 12.7. The molecule has 2 rings (SSSR count). The van der Waals surface area contributed by atoms with E-state index in [4.69, 9.17) is 9.47 Å². The van der Waals surface area contributed by atoms with Crippen LogP contribution in [-0.2, 0) is 30.7 Å². The van der Waals surface area contributed by atoms with E-state index >= 15 is 0 Å². The van der Waals surface area contributed by atoms with Crippen molar-refractivity contribution in [1.29, 1.82) is 0 Å². The minimum atomic E-state index is -3.67. The zero-order valence-corrected chi connectivity index (χ0v) is 17.5. The standard InChI is InChI=1S/C23H28O5S/c1-2-28-23(24)18-22(29(25,26)21-14-8-4-9-15-21)16-10-5-11-17-27-19-20-12-6-3-7-13-20/h3-4,6-10,12-16,22H,2,5,11,17-19H2,1H3/b16-10+. The summed E-state index contributed by atoms with van der Waals surface area (Å²) in [5.41, 5.74) is 1.12. The van der Waals surface area contributed by atoms with E-state index in [2.05, 4.69) is 0 Å². The molecule has 1 unspecified atom stereocenters. The maximum Gasteiger partial charge on any atom is 0.307 e. The van der Waals surface area contributed by atoms with Crippen LogP contribution in [0.25, 0.3) is 0 Å². The summed E-state index contributed by atoms with van der Waals surface area (Å²) in [6, 6.07) is 18.1. The van der Waals surface area contributed by atoms with E-state index in [0.717, 1.165) is 12.0 Å². The van der Waals surface area contributed by atoms with Crippen LogP contribution in [0.4, 0.5) is 0 Å². The maximum absolute atomic E-state index is 12.9. The predicted octanol–water partition coefficient (Wildman–Crippen LogP) is 4.34. The first-order valence-electron chi connectivity index (χ1n) is 9.77. The molecule has 0 aliphatic rings. The molecule has 0 fully saturated rings. The number of allylic oxidation sites excluding steroid dienone is 1. The SMILES string of the molecule is CCOC(=O)CC(/C=C/CCCOCc1ccccc1)S(=O)(=O)c1ccccc1. The van der Waals surface area contributed by atoms with Crippen molar-refractivity contribution in [2.45, 2.75) is 42.9 Å². The van der Waals surface area contributed by atoms with Gasteiger partial charge in [-0.2, -0.15) is 0 Å². The monoisotopic (exact) mass is 416 g/mol. The molecule has 0 heterocycles. The molecule has 156 valence electrons. The lowest BCUT2D eigenvalue weighted by Gasteiger charge is -2.14. The van der Waals surface area contributed by atoms with E-state index in [1.165, 1.54) is 0 Å². The summed E-state index contributed by atoms with van der Waals surface area (Å²) >= 11 is 0. The minimum absolute atomic E-state index is 0.199. The Hall–Kier alpha value is -2.44. The van der Waals surface area contributed by atoms with Gasteiger partial charge in [-0.15, -0.1) is 0 Å². The quantitative estimate of drug-likeness (QED) is 0.293. The molecule has 6 heteroatoms. The van der Waals surface area contributed by atoms with Crippen molar-refractivity contribution in [2.75, 3.05) is 13.2 Å². The van der Waals surface area contributed by atoms with Crippen molar-refractivity contribution in [2.24, 2.45) is 0 Å². The molecule has 0 bridgehead atoms. The molecule has 0 aromatic heterocycles. The molecule has 0 amide bonds. The molecule has 5 nitrogen and oxygen atoms in total. The Kier molecular flexibility index (Phi) is 9.60. The van der Waals surface area contributed by atoms with Crippen LogP contribution in [0.2, 0.25) is 0 Å². The molecule has 0 N–H and O–H groups in total. The van der Waals surface area contributed by atoms with E-state index in [9.17, 15) is 13.2 Å². The Labute approximate surface area is 173 Å². The summed E-state index contributed by atoms with van der Waals surface area (Å²) < 4.78 is 36.4. The second-order valence-electron chi connectivity index (χ2n) is 6.51. The smallest absolute Gasteiger partial charge is 0.307 e. The van der Waals surface area contributed by atoms with Gasteiger partial charge in [0.2, 0.25) is 0 Å². The van der Waals surface area contributed by atoms with Crippen LogP contribution in [0.15, 0.2) is 77.7 Å². The molecular formula is C23H28O5S. The first-order chi connectivity index (χ1) is 14.0. The Morgan fingerprint density at radius 3 is 2.34 bits per heavy atom. The van der Waals surface area contributed by atoms with Crippen molar-refractivity contribution in [3.63, 3.8) is 0 Å². The topological polar surface area (TPSA) is 69.7 Å². The summed E-state index contributed by atoms with van der Waals surface area (Å²) in [6.45, 7) is 3.05. The number of sulfone groups is 1. The number of ether oxygens (including phenoxy) is 2. The van der Waals surface area contributed by atoms with Crippen molar-refractivity contribution in [1.82, 2.24) is 0 Å². The minimum Gasteiger partial charge on any atom is -0.466 e. The number of hydrogen-bond donors (Lipinski definition) is 0. The number of unbranched alkanes of at least 4 members (excludes halogenated alkanes) is 1. The van der Waals surface area contributed by atoms with Crippen LogP contribution >= 0.6 is 0 Å². The first kappa shape index (κ1) is 22.8. The summed E-state index contributed by atoms with van der Waals surface area (Å²) in [4.78, 5) is 12.1. The van der Waals surface area contributed by atoms with E-state index < -0.39 is 21.1 Å². The van der Waals surface area contributed by atoms with Gasteiger partial charge in [0.15, 0.2) is 9.84 Å². The van der Waals surface area contributed by atoms with E-state index in [-0.39, 0.29) is 17.9 Å². The summed E-state index contributed by atoms with van der Waals surface area (Å²) in [7, 11) is -3.67. The zero-order valence-electron chi connectivity index (χ0n) is 16.7. The Morgan fingerprint density at radius 2 is 1.69 bits per heavy atom. The fourth-order valence-corrected chi connectivity index (χ4v) is 4.33. The number of carbonyl (C=O) groups is 1. The highest BCUT2D eigenvalue weighted by Gasteiger charge is 2.28. The molecule has 1 atom stereocenters. The third-order valence-corrected chi connectivity index (χ3v) is 6.32. The van der Waals surface area contributed by atoms with Gasteiger partial charge >= 0.3 is 5.97 Å². The van der Waals surface area contributed by atoms with Crippen molar-refractivity contribution in [3.8, 4) is 0 Å². The lowest BCUT2D eigenvalue weighted by molar-refractivity contribution is -0.142. The average molecular weight is 417 g/mol. The molecule has 2 aromatic carbocycles. The Bertz CT molecular complexity index is 861. The van der Waals surface area contributed by atoms with E-state index in [1.807, 2.05) is 30.3 Å². The molecule has 0 saturated carbocycles. The Morgan fingerprint density at radius 1 is 1.03 bits per heavy atom. The van der Waals surface area contributed by atoms with E-state index in [0.29, 0.717) is 19.6 Å². The van der Waals surface area contributed by atoms with Gasteiger partial charge in [-0.05, 0) is 37.5 Å². The molecule has 2 aromatic rings. The largest absolute Gasteiger partial charge is 0.466 e. The average Bonchev–Trinajstić information content (AvgIpc) is 2.73. The second-order valence-corrected chi connectivity index (χ2v) is 8.68. The molecule has 0 aliphatic carbocycles. The summed E-state index contributed by atoms with van der Waals surface area (Å²) in [5.74, 6) is -0.521. The molecule has 29 heavy (non-hydrogen) atoms. The van der Waals surface area contributed by atoms with Crippen molar-refractivity contribution >= 4 is 15.8 Å². The lowest BCUT2D eigenvalue weighted by atomic mass is 10.2. The highest BCUT2D eigenvalue weighted by molar-refractivity contribution is 7.92. The van der Waals surface area contributed by atoms with E-state index in [1.54, 1.807) is 49.4 Å². The number of benzene rings is 2. The summed E-state index contributed by atoms with van der Waals surface area (Å²) in [6.07, 6.45) is 4.62. The maximum atomic E-state index is 12.9. The van der Waals surface area contributed by atoms with Crippen LogP contribution in [0.3, 0.4) is 0 Å². The van der Waals surface area contributed by atoms with Crippen LogP contribution in [0, 0.1) is 0 Å². The van der Waals surface area contributed by atoms with Gasteiger partial charge in [0, 0.05) is 6.61 Å². The van der Waals surface area contributed by atoms with Gasteiger partial charge in [-0.3, -0.25) is 4.79 Å². The van der Waals surface area contributed by atoms with Gasteiger partial charge in [0.05, 0.1) is 29.8 Å². The van der Waals surface area contributed by atoms with Crippen molar-refractivity contribution in [3.05, 3.63) is 78.4 Å². The number of rotatable bonds is 12. The fraction of sp³-hybridized carbons (Fsp3) is 0.348. The van der Waals surface area contributed by atoms with Gasteiger partial charge in [-0.25, -0.2) is 8.42 Å². The zero-order chi connectivity index (χ0) is 21.0. The van der Waals surface area contributed by atoms with Crippen molar-refractivity contribution < 1.29 is 22.7 Å². The fourth-order valence-electron chi connectivity index (χ4n) is 2.77. The number of carbonyl (C=O) groups excluding carboxylic acids is 1. The molecule has 0 spiro atoms. The Balaban J connectivity index is 1.90. The highest BCUT2D eigenvalue weighted by atomic mass is 32.2. The van der Waals surface area contributed by atoms with Gasteiger partial charge in [0.1, 0.15) is 0 Å².